The maximum atomic E-state index is 14.3. The number of aromatic amines is 1. The van der Waals surface area contributed by atoms with Crippen molar-refractivity contribution in [1.82, 2.24) is 14.9 Å². The lowest BCUT2D eigenvalue weighted by atomic mass is 10.1. The van der Waals surface area contributed by atoms with Crippen molar-refractivity contribution in [2.24, 2.45) is 0 Å². The van der Waals surface area contributed by atoms with Crippen LogP contribution in [0.15, 0.2) is 41.2 Å². The summed E-state index contributed by atoms with van der Waals surface area (Å²) in [5, 5.41) is 0.896. The number of hydrogen-bond acceptors (Lipinski definition) is 4. The first-order valence-corrected chi connectivity index (χ1v) is 9.62. The lowest BCUT2D eigenvalue weighted by molar-refractivity contribution is 0.0738. The molecule has 0 saturated heterocycles. The number of rotatable bonds is 6. The molecule has 0 aliphatic carbocycles. The molecule has 1 aromatic heterocycles. The van der Waals surface area contributed by atoms with Gasteiger partial charge >= 0.3 is 0 Å². The van der Waals surface area contributed by atoms with Crippen molar-refractivity contribution in [3.05, 3.63) is 69.0 Å². The van der Waals surface area contributed by atoms with Gasteiger partial charge in [0.05, 0.1) is 23.1 Å². The summed E-state index contributed by atoms with van der Waals surface area (Å²) >= 11 is 6.00. The maximum Gasteiger partial charge on any atom is 0.258 e. The highest BCUT2D eigenvalue weighted by molar-refractivity contribution is 6.31. The van der Waals surface area contributed by atoms with E-state index in [9.17, 15) is 14.0 Å². The number of carbonyl (C=O) groups excluding carboxylic acids is 1. The first-order chi connectivity index (χ1) is 13.8. The van der Waals surface area contributed by atoms with Crippen LogP contribution in [0.1, 0.15) is 29.5 Å². The molecule has 29 heavy (non-hydrogen) atoms. The third kappa shape index (κ3) is 4.56. The number of nitrogens with zero attached hydrogens (tertiary/aromatic N) is 3. The third-order valence-corrected chi connectivity index (χ3v) is 4.75. The Bertz CT molecular complexity index is 1110. The molecular weight excluding hydrogens is 395 g/mol. The van der Waals surface area contributed by atoms with Crippen LogP contribution in [0.4, 0.5) is 10.1 Å². The van der Waals surface area contributed by atoms with E-state index in [0.717, 1.165) is 0 Å². The average molecular weight is 417 g/mol. The standard InChI is InChI=1S/C21H22ClFN4O2/c1-4-9-27(21(29)13-5-8-18(26(2)3)16(23)10-13)12-19-24-17-11-14(22)6-7-15(17)20(28)25-19/h5-8,10-11H,4,9,12H2,1-3H3,(H,24,25,28). The van der Waals surface area contributed by atoms with Gasteiger partial charge in [0.15, 0.2) is 0 Å². The minimum absolute atomic E-state index is 0.0986. The van der Waals surface area contributed by atoms with Crippen LogP contribution in [0.2, 0.25) is 5.02 Å². The number of nitrogens with one attached hydrogen (secondary N) is 1. The Morgan fingerprint density at radius 1 is 1.21 bits per heavy atom. The van der Waals surface area contributed by atoms with E-state index in [0.29, 0.717) is 40.4 Å². The molecule has 0 saturated carbocycles. The van der Waals surface area contributed by atoms with Gasteiger partial charge in [0.25, 0.3) is 11.5 Å². The second kappa shape index (κ2) is 8.61. The molecule has 0 atom stereocenters. The molecule has 6 nitrogen and oxygen atoms in total. The summed E-state index contributed by atoms with van der Waals surface area (Å²) in [5.41, 5.74) is 0.808. The number of amides is 1. The molecule has 0 aliphatic heterocycles. The van der Waals surface area contributed by atoms with Crippen LogP contribution in [0.25, 0.3) is 10.9 Å². The summed E-state index contributed by atoms with van der Waals surface area (Å²) in [6.45, 7) is 2.47. The fourth-order valence-electron chi connectivity index (χ4n) is 3.12. The Morgan fingerprint density at radius 3 is 2.62 bits per heavy atom. The molecule has 3 rings (SSSR count). The molecule has 3 aromatic rings. The number of hydrogen-bond donors (Lipinski definition) is 1. The SMILES string of the molecule is CCCN(Cc1nc2cc(Cl)ccc2c(=O)[nH]1)C(=O)c1ccc(N(C)C)c(F)c1. The lowest BCUT2D eigenvalue weighted by Crippen LogP contribution is -2.33. The van der Waals surface area contributed by atoms with Crippen LogP contribution >= 0.6 is 11.6 Å². The number of aromatic nitrogens is 2. The first-order valence-electron chi connectivity index (χ1n) is 9.24. The highest BCUT2D eigenvalue weighted by atomic mass is 35.5. The Kier molecular flexibility index (Phi) is 6.17. The highest BCUT2D eigenvalue weighted by Gasteiger charge is 2.19. The molecule has 0 aliphatic rings. The van der Waals surface area contributed by atoms with E-state index in [1.54, 1.807) is 54.2 Å². The number of fused-ring (bicyclic) bond motifs is 1. The minimum atomic E-state index is -0.468. The fraction of sp³-hybridized carbons (Fsp3) is 0.286. The zero-order chi connectivity index (χ0) is 21.1. The van der Waals surface area contributed by atoms with E-state index < -0.39 is 5.82 Å². The summed E-state index contributed by atoms with van der Waals surface area (Å²) in [7, 11) is 3.47. The van der Waals surface area contributed by atoms with E-state index >= 15 is 0 Å². The quantitative estimate of drug-likeness (QED) is 0.663. The number of benzene rings is 2. The smallest absolute Gasteiger partial charge is 0.258 e. The zero-order valence-electron chi connectivity index (χ0n) is 16.5. The number of carbonyl (C=O) groups is 1. The molecule has 0 unspecified atom stereocenters. The van der Waals surface area contributed by atoms with Gasteiger partial charge in [0.2, 0.25) is 0 Å². The second-order valence-corrected chi connectivity index (χ2v) is 7.40. The van der Waals surface area contributed by atoms with Gasteiger partial charge in [-0.3, -0.25) is 9.59 Å². The van der Waals surface area contributed by atoms with Gasteiger partial charge in [0.1, 0.15) is 11.6 Å². The van der Waals surface area contributed by atoms with E-state index in [4.69, 9.17) is 11.6 Å². The van der Waals surface area contributed by atoms with Crippen molar-refractivity contribution < 1.29 is 9.18 Å². The molecule has 2 aromatic carbocycles. The molecule has 152 valence electrons. The van der Waals surface area contributed by atoms with Crippen molar-refractivity contribution >= 4 is 34.1 Å². The monoisotopic (exact) mass is 416 g/mol. The normalized spacial score (nSPS) is 10.9. The van der Waals surface area contributed by atoms with Crippen LogP contribution < -0.4 is 10.5 Å². The molecule has 1 amide bonds. The topological polar surface area (TPSA) is 69.3 Å². The fourth-order valence-corrected chi connectivity index (χ4v) is 3.29. The van der Waals surface area contributed by atoms with Crippen molar-refractivity contribution in [3.8, 4) is 0 Å². The maximum absolute atomic E-state index is 14.3. The number of anilines is 1. The van der Waals surface area contributed by atoms with Crippen LogP contribution in [0, 0.1) is 5.82 Å². The molecule has 0 fully saturated rings. The van der Waals surface area contributed by atoms with Crippen LogP contribution in [0.5, 0.6) is 0 Å². The van der Waals surface area contributed by atoms with Crippen molar-refractivity contribution in [3.63, 3.8) is 0 Å². The predicted molar refractivity (Wildman–Crippen MR) is 113 cm³/mol. The molecule has 0 radical (unpaired) electrons. The molecule has 0 spiro atoms. The summed E-state index contributed by atoms with van der Waals surface area (Å²) in [4.78, 5) is 35.7. The average Bonchev–Trinajstić information content (AvgIpc) is 2.66. The van der Waals surface area contributed by atoms with E-state index in [1.165, 1.54) is 6.07 Å². The van der Waals surface area contributed by atoms with E-state index in [1.807, 2.05) is 6.92 Å². The largest absolute Gasteiger partial charge is 0.375 e. The summed E-state index contributed by atoms with van der Waals surface area (Å²) in [6, 6.07) is 9.24. The third-order valence-electron chi connectivity index (χ3n) is 4.52. The number of halogens is 2. The van der Waals surface area contributed by atoms with Crippen molar-refractivity contribution in [1.29, 1.82) is 0 Å². The lowest BCUT2D eigenvalue weighted by Gasteiger charge is -2.22. The molecular formula is C21H22ClFN4O2. The predicted octanol–water partition coefficient (Wildman–Crippen LogP) is 3.83. The van der Waals surface area contributed by atoms with Gasteiger partial charge in [-0.25, -0.2) is 9.37 Å². The summed E-state index contributed by atoms with van der Waals surface area (Å²) in [6.07, 6.45) is 0.702. The molecule has 1 heterocycles. The van der Waals surface area contributed by atoms with E-state index in [2.05, 4.69) is 9.97 Å². The minimum Gasteiger partial charge on any atom is -0.375 e. The number of H-pyrrole nitrogens is 1. The molecule has 0 bridgehead atoms. The van der Waals surface area contributed by atoms with Crippen LogP contribution in [-0.4, -0.2) is 41.4 Å². The Hall–Kier alpha value is -2.93. The van der Waals surface area contributed by atoms with Gasteiger partial charge in [-0.05, 0) is 42.8 Å². The van der Waals surface area contributed by atoms with Gasteiger partial charge in [-0.1, -0.05) is 18.5 Å². The molecule has 8 heteroatoms. The van der Waals surface area contributed by atoms with Crippen molar-refractivity contribution in [2.75, 3.05) is 25.5 Å². The van der Waals surface area contributed by atoms with Gasteiger partial charge in [-0.15, -0.1) is 0 Å². The molecule has 1 N–H and O–H groups in total. The van der Waals surface area contributed by atoms with Gasteiger partial charge in [0, 0.05) is 31.2 Å². The van der Waals surface area contributed by atoms with E-state index in [-0.39, 0.29) is 23.6 Å². The first kappa shape index (κ1) is 20.8. The summed E-state index contributed by atoms with van der Waals surface area (Å²) < 4.78 is 14.3. The van der Waals surface area contributed by atoms with Gasteiger partial charge in [-0.2, -0.15) is 0 Å². The summed E-state index contributed by atoms with van der Waals surface area (Å²) in [5.74, 6) is -0.453. The second-order valence-electron chi connectivity index (χ2n) is 6.96. The zero-order valence-corrected chi connectivity index (χ0v) is 17.3. The Labute approximate surface area is 172 Å². The van der Waals surface area contributed by atoms with Crippen LogP contribution in [0.3, 0.4) is 0 Å². The Morgan fingerprint density at radius 2 is 1.97 bits per heavy atom. The highest BCUT2D eigenvalue weighted by Crippen LogP contribution is 2.20. The van der Waals surface area contributed by atoms with Gasteiger partial charge < -0.3 is 14.8 Å². The van der Waals surface area contributed by atoms with Crippen LogP contribution in [-0.2, 0) is 6.54 Å². The van der Waals surface area contributed by atoms with Crippen molar-refractivity contribution in [2.45, 2.75) is 19.9 Å². The Balaban J connectivity index is 1.92.